The standard InChI is InChI=1S/C20H23ClN2O4S/c1-14-15(2)19(10-9-18(14)21)27-13-20(24)22-16-5-7-17(8-6-16)28(25,26)23-11-3-4-12-23/h5-10H,3-4,11-13H2,1-2H3,(H,22,24). The monoisotopic (exact) mass is 422 g/mol. The molecule has 0 aromatic heterocycles. The van der Waals surface area contributed by atoms with Gasteiger partial charge in [-0.3, -0.25) is 4.79 Å². The molecule has 0 unspecified atom stereocenters. The van der Waals surface area contributed by atoms with Crippen LogP contribution >= 0.6 is 11.6 Å². The molecule has 1 saturated heterocycles. The van der Waals surface area contributed by atoms with Crippen LogP contribution in [0.2, 0.25) is 5.02 Å². The molecule has 6 nitrogen and oxygen atoms in total. The van der Waals surface area contributed by atoms with Crippen molar-refractivity contribution in [1.82, 2.24) is 4.31 Å². The Balaban J connectivity index is 1.60. The fourth-order valence-electron chi connectivity index (χ4n) is 3.05. The maximum Gasteiger partial charge on any atom is 0.262 e. The van der Waals surface area contributed by atoms with E-state index < -0.39 is 10.0 Å². The molecule has 8 heteroatoms. The van der Waals surface area contributed by atoms with Crippen molar-refractivity contribution >= 4 is 33.2 Å². The van der Waals surface area contributed by atoms with Crippen LogP contribution in [0.25, 0.3) is 0 Å². The van der Waals surface area contributed by atoms with Gasteiger partial charge in [0.15, 0.2) is 6.61 Å². The second kappa shape index (κ2) is 8.51. The molecular weight excluding hydrogens is 400 g/mol. The van der Waals surface area contributed by atoms with E-state index in [1.165, 1.54) is 16.4 Å². The molecular formula is C20H23ClN2O4S. The van der Waals surface area contributed by atoms with Crippen molar-refractivity contribution in [2.45, 2.75) is 31.6 Å². The number of hydrogen-bond acceptors (Lipinski definition) is 4. The number of nitrogens with one attached hydrogen (secondary N) is 1. The lowest BCUT2D eigenvalue weighted by molar-refractivity contribution is -0.118. The number of carbonyl (C=O) groups excluding carboxylic acids is 1. The molecule has 1 fully saturated rings. The molecule has 1 aliphatic heterocycles. The van der Waals surface area contributed by atoms with Crippen molar-refractivity contribution in [3.8, 4) is 5.75 Å². The van der Waals surface area contributed by atoms with Gasteiger partial charge in [-0.25, -0.2) is 8.42 Å². The third-order valence-electron chi connectivity index (χ3n) is 4.87. The molecule has 28 heavy (non-hydrogen) atoms. The highest BCUT2D eigenvalue weighted by molar-refractivity contribution is 7.89. The van der Waals surface area contributed by atoms with Crippen LogP contribution in [0.4, 0.5) is 5.69 Å². The number of halogens is 1. The quantitative estimate of drug-likeness (QED) is 0.769. The molecule has 2 aromatic rings. The lowest BCUT2D eigenvalue weighted by Gasteiger charge is -2.16. The topological polar surface area (TPSA) is 75.7 Å². The van der Waals surface area contributed by atoms with E-state index in [0.29, 0.717) is 29.5 Å². The Labute approximate surface area is 170 Å². The predicted octanol–water partition coefficient (Wildman–Crippen LogP) is 3.76. The van der Waals surface area contributed by atoms with Gasteiger partial charge in [-0.05, 0) is 74.2 Å². The second-order valence-electron chi connectivity index (χ2n) is 6.77. The Kier molecular flexibility index (Phi) is 6.27. The van der Waals surface area contributed by atoms with Crippen molar-refractivity contribution in [2.75, 3.05) is 25.0 Å². The van der Waals surface area contributed by atoms with Crippen LogP contribution in [-0.2, 0) is 14.8 Å². The summed E-state index contributed by atoms with van der Waals surface area (Å²) in [5.74, 6) is 0.270. The van der Waals surface area contributed by atoms with Crippen LogP contribution < -0.4 is 10.1 Å². The first-order chi connectivity index (χ1) is 13.3. The minimum absolute atomic E-state index is 0.157. The summed E-state index contributed by atoms with van der Waals surface area (Å²) >= 11 is 6.06. The van der Waals surface area contributed by atoms with E-state index in [4.69, 9.17) is 16.3 Å². The molecule has 0 atom stereocenters. The van der Waals surface area contributed by atoms with Gasteiger partial charge in [0.1, 0.15) is 5.75 Å². The third-order valence-corrected chi connectivity index (χ3v) is 7.19. The van der Waals surface area contributed by atoms with Gasteiger partial charge in [0.05, 0.1) is 4.90 Å². The van der Waals surface area contributed by atoms with E-state index in [0.717, 1.165) is 24.0 Å². The Morgan fingerprint density at radius 1 is 1.07 bits per heavy atom. The van der Waals surface area contributed by atoms with E-state index in [-0.39, 0.29) is 17.4 Å². The van der Waals surface area contributed by atoms with Gasteiger partial charge in [0, 0.05) is 23.8 Å². The first-order valence-corrected chi connectivity index (χ1v) is 10.9. The molecule has 1 heterocycles. The summed E-state index contributed by atoms with van der Waals surface area (Å²) in [5.41, 5.74) is 2.31. The van der Waals surface area contributed by atoms with Crippen molar-refractivity contribution in [3.05, 3.63) is 52.5 Å². The number of benzene rings is 2. The highest BCUT2D eigenvalue weighted by atomic mass is 35.5. The molecule has 1 aliphatic rings. The van der Waals surface area contributed by atoms with Crippen molar-refractivity contribution in [3.63, 3.8) is 0 Å². The number of sulfonamides is 1. The molecule has 0 bridgehead atoms. The highest BCUT2D eigenvalue weighted by Crippen LogP contribution is 2.27. The van der Waals surface area contributed by atoms with Gasteiger partial charge in [-0.15, -0.1) is 0 Å². The zero-order valence-corrected chi connectivity index (χ0v) is 17.4. The number of hydrogen-bond donors (Lipinski definition) is 1. The summed E-state index contributed by atoms with van der Waals surface area (Å²) in [5, 5.41) is 3.36. The molecule has 150 valence electrons. The zero-order valence-electron chi connectivity index (χ0n) is 15.9. The molecule has 0 radical (unpaired) electrons. The second-order valence-corrected chi connectivity index (χ2v) is 9.11. The van der Waals surface area contributed by atoms with E-state index in [2.05, 4.69) is 5.32 Å². The van der Waals surface area contributed by atoms with Gasteiger partial charge in [-0.1, -0.05) is 11.6 Å². The van der Waals surface area contributed by atoms with Gasteiger partial charge in [0.25, 0.3) is 5.91 Å². The van der Waals surface area contributed by atoms with Gasteiger partial charge in [-0.2, -0.15) is 4.31 Å². The van der Waals surface area contributed by atoms with Crippen molar-refractivity contribution in [2.24, 2.45) is 0 Å². The summed E-state index contributed by atoms with van der Waals surface area (Å²) in [6.07, 6.45) is 1.78. The lowest BCUT2D eigenvalue weighted by atomic mass is 10.1. The largest absolute Gasteiger partial charge is 0.483 e. The normalized spacial score (nSPS) is 14.8. The fraction of sp³-hybridized carbons (Fsp3) is 0.350. The van der Waals surface area contributed by atoms with E-state index in [1.807, 2.05) is 13.8 Å². The number of ether oxygens (including phenoxy) is 1. The van der Waals surface area contributed by atoms with Crippen LogP contribution in [0.15, 0.2) is 41.3 Å². The average molecular weight is 423 g/mol. The summed E-state index contributed by atoms with van der Waals surface area (Å²) in [6, 6.07) is 9.65. The van der Waals surface area contributed by atoms with Crippen LogP contribution in [0.5, 0.6) is 5.75 Å². The predicted molar refractivity (Wildman–Crippen MR) is 109 cm³/mol. The van der Waals surface area contributed by atoms with Crippen LogP contribution in [0.1, 0.15) is 24.0 Å². The average Bonchev–Trinajstić information content (AvgIpc) is 3.22. The minimum Gasteiger partial charge on any atom is -0.483 e. The maximum absolute atomic E-state index is 12.5. The van der Waals surface area contributed by atoms with Gasteiger partial charge < -0.3 is 10.1 Å². The van der Waals surface area contributed by atoms with E-state index >= 15 is 0 Å². The molecule has 1 amide bonds. The van der Waals surface area contributed by atoms with Crippen LogP contribution in [-0.4, -0.2) is 38.3 Å². The molecule has 0 aliphatic carbocycles. The summed E-state index contributed by atoms with van der Waals surface area (Å²) < 4.78 is 32.1. The third kappa shape index (κ3) is 4.48. The maximum atomic E-state index is 12.5. The van der Waals surface area contributed by atoms with Crippen LogP contribution in [0.3, 0.4) is 0 Å². The Hall–Kier alpha value is -2.09. The smallest absolute Gasteiger partial charge is 0.262 e. The Morgan fingerprint density at radius 3 is 2.36 bits per heavy atom. The molecule has 1 N–H and O–H groups in total. The molecule has 0 spiro atoms. The zero-order chi connectivity index (χ0) is 20.3. The number of anilines is 1. The summed E-state index contributed by atoms with van der Waals surface area (Å²) in [4.78, 5) is 12.4. The number of rotatable bonds is 6. The Bertz CT molecular complexity index is 968. The first kappa shape index (κ1) is 20.6. The lowest BCUT2D eigenvalue weighted by Crippen LogP contribution is -2.27. The first-order valence-electron chi connectivity index (χ1n) is 9.07. The SMILES string of the molecule is Cc1c(Cl)ccc(OCC(=O)Nc2ccc(S(=O)(=O)N3CCCC3)cc2)c1C. The van der Waals surface area contributed by atoms with Crippen LogP contribution in [0, 0.1) is 13.8 Å². The van der Waals surface area contributed by atoms with Gasteiger partial charge >= 0.3 is 0 Å². The fourth-order valence-corrected chi connectivity index (χ4v) is 4.77. The summed E-state index contributed by atoms with van der Waals surface area (Å²) in [6.45, 7) is 4.73. The highest BCUT2D eigenvalue weighted by Gasteiger charge is 2.26. The van der Waals surface area contributed by atoms with Gasteiger partial charge in [0.2, 0.25) is 10.0 Å². The van der Waals surface area contributed by atoms with E-state index in [1.54, 1.807) is 24.3 Å². The van der Waals surface area contributed by atoms with E-state index in [9.17, 15) is 13.2 Å². The number of nitrogens with zero attached hydrogens (tertiary/aromatic N) is 1. The minimum atomic E-state index is -3.46. The summed E-state index contributed by atoms with van der Waals surface area (Å²) in [7, 11) is -3.46. The number of carbonyl (C=O) groups is 1. The molecule has 2 aromatic carbocycles. The Morgan fingerprint density at radius 2 is 1.71 bits per heavy atom. The molecule has 0 saturated carbocycles. The number of amides is 1. The van der Waals surface area contributed by atoms with Crippen molar-refractivity contribution < 1.29 is 17.9 Å². The van der Waals surface area contributed by atoms with Crippen molar-refractivity contribution in [1.29, 1.82) is 0 Å². The molecule has 3 rings (SSSR count).